The van der Waals surface area contributed by atoms with E-state index < -0.39 is 0 Å². The molecule has 5 saturated carbocycles. The molecule has 168 valence electrons. The van der Waals surface area contributed by atoms with E-state index in [1.165, 1.54) is 37.8 Å². The topological polar surface area (TPSA) is 45.6 Å². The van der Waals surface area contributed by atoms with Crippen LogP contribution in [0, 0.1) is 37.0 Å². The van der Waals surface area contributed by atoms with Gasteiger partial charge in [-0.2, -0.15) is 0 Å². The molecular weight excluding hydrogens is 386 g/mol. The first kappa shape index (κ1) is 20.0. The van der Waals surface area contributed by atoms with Crippen LogP contribution in [0.25, 0.3) is 0 Å². The van der Waals surface area contributed by atoms with Crippen molar-refractivity contribution in [1.29, 1.82) is 0 Å². The maximum Gasteiger partial charge on any atom is 0.228 e. The third-order valence-corrected chi connectivity index (χ3v) is 9.22. The highest BCUT2D eigenvalue weighted by Gasteiger charge is 2.55. The van der Waals surface area contributed by atoms with Crippen molar-refractivity contribution in [3.05, 3.63) is 23.0 Å². The number of aryl methyl sites for hydroxylation is 1. The van der Waals surface area contributed by atoms with Gasteiger partial charge in [-0.1, -0.05) is 0 Å². The maximum absolute atomic E-state index is 13.6. The molecule has 2 heterocycles. The number of aromatic nitrogens is 1. The summed E-state index contributed by atoms with van der Waals surface area (Å²) in [5.41, 5.74) is 3.22. The van der Waals surface area contributed by atoms with E-state index in [2.05, 4.69) is 34.3 Å². The molecule has 4 bridgehead atoms. The van der Waals surface area contributed by atoms with Crippen LogP contribution in [0.15, 0.2) is 6.07 Å². The summed E-state index contributed by atoms with van der Waals surface area (Å²) in [4.78, 5) is 31.1. The van der Waals surface area contributed by atoms with E-state index in [0.717, 1.165) is 74.5 Å². The molecular formula is C26H37N3O2. The lowest BCUT2D eigenvalue weighted by atomic mass is 9.49. The maximum atomic E-state index is 13.6. The summed E-state index contributed by atoms with van der Waals surface area (Å²) >= 11 is 0. The molecule has 0 aromatic carbocycles. The number of carbonyl (C=O) groups excluding carboxylic acids is 2. The summed E-state index contributed by atoms with van der Waals surface area (Å²) in [7, 11) is 0. The minimum atomic E-state index is -0.0346. The third kappa shape index (κ3) is 3.39. The van der Waals surface area contributed by atoms with Crippen LogP contribution in [0.2, 0.25) is 0 Å². The van der Waals surface area contributed by atoms with Gasteiger partial charge in [0.25, 0.3) is 0 Å². The molecule has 0 radical (unpaired) electrons. The number of ketones is 1. The van der Waals surface area contributed by atoms with Crippen LogP contribution in [0.5, 0.6) is 0 Å². The van der Waals surface area contributed by atoms with Crippen molar-refractivity contribution < 1.29 is 9.59 Å². The molecule has 5 aliphatic carbocycles. The van der Waals surface area contributed by atoms with Crippen LogP contribution in [0.1, 0.15) is 79.2 Å². The number of carbonyl (C=O) groups is 2. The van der Waals surface area contributed by atoms with E-state index >= 15 is 0 Å². The molecule has 1 amide bonds. The van der Waals surface area contributed by atoms with E-state index in [1.54, 1.807) is 0 Å². The van der Waals surface area contributed by atoms with Gasteiger partial charge in [-0.25, -0.2) is 0 Å². The summed E-state index contributed by atoms with van der Waals surface area (Å²) in [5, 5.41) is 0. The molecule has 0 spiro atoms. The summed E-state index contributed by atoms with van der Waals surface area (Å²) < 4.78 is 2.36. The number of amides is 1. The molecule has 31 heavy (non-hydrogen) atoms. The van der Waals surface area contributed by atoms with Crippen LogP contribution < -0.4 is 0 Å². The van der Waals surface area contributed by atoms with Gasteiger partial charge in [-0.3, -0.25) is 14.5 Å². The predicted octanol–water partition coefficient (Wildman–Crippen LogP) is 3.98. The number of nitrogens with zero attached hydrogens (tertiary/aromatic N) is 3. The number of hydrogen-bond acceptors (Lipinski definition) is 3. The standard InChI is InChI=1S/C26H37N3O2/c1-17-9-23(18(2)29(17)22-3-4-22)24(30)16-27-5-7-28(8-6-27)25(31)26-13-19-10-20(14-26)12-21(11-19)15-26/h9,19-22H,3-8,10-16H2,1-2H3. The molecule has 5 nitrogen and oxygen atoms in total. The zero-order valence-electron chi connectivity index (χ0n) is 19.2. The van der Waals surface area contributed by atoms with Gasteiger partial charge >= 0.3 is 0 Å². The van der Waals surface area contributed by atoms with Gasteiger partial charge in [-0.05, 0) is 89.0 Å². The summed E-state index contributed by atoms with van der Waals surface area (Å²) in [6.45, 7) is 7.92. The average molecular weight is 424 g/mol. The summed E-state index contributed by atoms with van der Waals surface area (Å²) in [5.74, 6) is 3.11. The Bertz CT molecular complexity index is 869. The number of hydrogen-bond donors (Lipinski definition) is 0. The highest BCUT2D eigenvalue weighted by molar-refractivity contribution is 5.99. The number of piperazine rings is 1. The Kier molecular flexibility index (Phi) is 4.65. The second-order valence-electron chi connectivity index (χ2n) is 11.6. The van der Waals surface area contributed by atoms with Gasteiger partial charge in [0.15, 0.2) is 5.78 Å². The van der Waals surface area contributed by atoms with Crippen molar-refractivity contribution in [3.8, 4) is 0 Å². The molecule has 1 aliphatic heterocycles. The first-order valence-corrected chi connectivity index (χ1v) is 12.7. The zero-order chi connectivity index (χ0) is 21.3. The Morgan fingerprint density at radius 2 is 1.52 bits per heavy atom. The fourth-order valence-electron chi connectivity index (χ4n) is 8.06. The lowest BCUT2D eigenvalue weighted by molar-refractivity contribution is -0.159. The number of Topliss-reactive ketones (excluding diaryl/α,β-unsaturated/α-hetero) is 1. The Balaban J connectivity index is 1.07. The van der Waals surface area contributed by atoms with E-state index in [-0.39, 0.29) is 11.2 Å². The first-order valence-electron chi connectivity index (χ1n) is 12.7. The minimum Gasteiger partial charge on any atom is -0.345 e. The zero-order valence-corrected chi connectivity index (χ0v) is 19.2. The second-order valence-corrected chi connectivity index (χ2v) is 11.6. The molecule has 1 saturated heterocycles. The molecule has 6 aliphatic rings. The third-order valence-electron chi connectivity index (χ3n) is 9.22. The molecule has 5 heteroatoms. The molecule has 0 atom stereocenters. The van der Waals surface area contributed by atoms with E-state index in [1.807, 2.05) is 0 Å². The highest BCUT2D eigenvalue weighted by atomic mass is 16.2. The Hall–Kier alpha value is -1.62. The molecule has 0 unspecified atom stereocenters. The van der Waals surface area contributed by atoms with Crippen LogP contribution in [-0.2, 0) is 4.79 Å². The van der Waals surface area contributed by atoms with E-state index in [9.17, 15) is 9.59 Å². The van der Waals surface area contributed by atoms with Gasteiger partial charge in [0.1, 0.15) is 0 Å². The second kappa shape index (κ2) is 7.19. The van der Waals surface area contributed by atoms with Crippen LogP contribution >= 0.6 is 0 Å². The predicted molar refractivity (Wildman–Crippen MR) is 120 cm³/mol. The van der Waals surface area contributed by atoms with Gasteiger partial charge in [0, 0.05) is 49.2 Å². The van der Waals surface area contributed by atoms with Crippen LogP contribution in [0.4, 0.5) is 0 Å². The minimum absolute atomic E-state index is 0.0346. The van der Waals surface area contributed by atoms with Crippen molar-refractivity contribution in [2.45, 2.75) is 71.3 Å². The quantitative estimate of drug-likeness (QED) is 0.673. The van der Waals surface area contributed by atoms with Crippen molar-refractivity contribution >= 4 is 11.7 Å². The van der Waals surface area contributed by atoms with Crippen molar-refractivity contribution in [1.82, 2.24) is 14.4 Å². The van der Waals surface area contributed by atoms with Crippen molar-refractivity contribution in [2.24, 2.45) is 23.2 Å². The summed E-state index contributed by atoms with van der Waals surface area (Å²) in [6, 6.07) is 2.70. The number of rotatable bonds is 5. The molecule has 1 aromatic heterocycles. The molecule has 1 aromatic rings. The lowest BCUT2D eigenvalue weighted by Crippen LogP contribution is -2.58. The molecule has 6 fully saturated rings. The van der Waals surface area contributed by atoms with Gasteiger partial charge in [0.05, 0.1) is 12.0 Å². The highest BCUT2D eigenvalue weighted by Crippen LogP contribution is 2.60. The fourth-order valence-corrected chi connectivity index (χ4v) is 8.06. The summed E-state index contributed by atoms with van der Waals surface area (Å²) in [6.07, 6.45) is 10.1. The van der Waals surface area contributed by atoms with Gasteiger partial charge < -0.3 is 9.47 Å². The first-order chi connectivity index (χ1) is 14.9. The SMILES string of the molecule is Cc1cc(C(=O)CN2CCN(C(=O)C34CC5CC(CC(C5)C3)C4)CC2)c(C)n1C1CC1. The Labute approximate surface area is 186 Å². The van der Waals surface area contributed by atoms with Crippen molar-refractivity contribution in [2.75, 3.05) is 32.7 Å². The van der Waals surface area contributed by atoms with E-state index in [4.69, 9.17) is 0 Å². The Morgan fingerprint density at radius 1 is 0.935 bits per heavy atom. The average Bonchev–Trinajstić information content (AvgIpc) is 3.51. The monoisotopic (exact) mass is 423 g/mol. The van der Waals surface area contributed by atoms with Crippen LogP contribution in [0.3, 0.4) is 0 Å². The van der Waals surface area contributed by atoms with E-state index in [0.29, 0.717) is 18.5 Å². The molecule has 0 N–H and O–H groups in total. The van der Waals surface area contributed by atoms with Crippen molar-refractivity contribution in [3.63, 3.8) is 0 Å². The van der Waals surface area contributed by atoms with Crippen LogP contribution in [-0.4, -0.2) is 58.8 Å². The normalized spacial score (nSPS) is 35.0. The molecule has 7 rings (SSSR count). The lowest BCUT2D eigenvalue weighted by Gasteiger charge is -2.57. The van der Waals surface area contributed by atoms with Gasteiger partial charge in [0.2, 0.25) is 5.91 Å². The fraction of sp³-hybridized carbons (Fsp3) is 0.769. The van der Waals surface area contributed by atoms with Gasteiger partial charge in [-0.15, -0.1) is 0 Å². The largest absolute Gasteiger partial charge is 0.345 e. The Morgan fingerprint density at radius 3 is 2.06 bits per heavy atom. The smallest absolute Gasteiger partial charge is 0.228 e.